The van der Waals surface area contributed by atoms with Gasteiger partial charge in [0.1, 0.15) is 0 Å². The van der Waals surface area contributed by atoms with Crippen molar-refractivity contribution in [1.82, 2.24) is 0 Å². The van der Waals surface area contributed by atoms with E-state index in [0.717, 1.165) is 42.4 Å². The number of hydrogen-bond donors (Lipinski definition) is 0. The van der Waals surface area contributed by atoms with Gasteiger partial charge >= 0.3 is 0 Å². The summed E-state index contributed by atoms with van der Waals surface area (Å²) < 4.78 is 27.6. The molecule has 0 aromatic heterocycles. The van der Waals surface area contributed by atoms with E-state index in [9.17, 15) is 8.78 Å². The number of hydrogen-bond acceptors (Lipinski definition) is 0. The molecule has 0 spiro atoms. The minimum absolute atomic E-state index is 0.162. The normalized spacial score (nSPS) is 51.9. The number of halogens is 2. The summed E-state index contributed by atoms with van der Waals surface area (Å²) in [5.74, 6) is 2.82. The molecule has 4 aliphatic rings. The fourth-order valence-electron chi connectivity index (χ4n) is 7.53. The van der Waals surface area contributed by atoms with E-state index in [2.05, 4.69) is 20.8 Å². The lowest BCUT2D eigenvalue weighted by Gasteiger charge is -2.54. The molecule has 4 aliphatic carbocycles. The summed E-state index contributed by atoms with van der Waals surface area (Å²) in [7, 11) is 0. The summed E-state index contributed by atoms with van der Waals surface area (Å²) in [4.78, 5) is 0. The van der Waals surface area contributed by atoms with Gasteiger partial charge in [-0.05, 0) is 91.8 Å². The first kappa shape index (κ1) is 16.3. The van der Waals surface area contributed by atoms with Gasteiger partial charge in [0.2, 0.25) is 5.92 Å². The molecule has 4 saturated carbocycles. The van der Waals surface area contributed by atoms with Crippen molar-refractivity contribution in [2.45, 2.75) is 84.5 Å². The monoisotopic (exact) mass is 324 g/mol. The van der Waals surface area contributed by atoms with E-state index in [4.69, 9.17) is 0 Å². The highest BCUT2D eigenvalue weighted by molar-refractivity contribution is 5.05. The first-order valence-corrected chi connectivity index (χ1v) is 10.2. The van der Waals surface area contributed by atoms with Crippen LogP contribution in [0.15, 0.2) is 0 Å². The highest BCUT2D eigenvalue weighted by Gasteiger charge is 2.56. The predicted molar refractivity (Wildman–Crippen MR) is 90.4 cm³/mol. The molecule has 7 atom stereocenters. The molecule has 0 nitrogen and oxygen atoms in total. The first-order chi connectivity index (χ1) is 10.8. The van der Waals surface area contributed by atoms with Crippen LogP contribution in [0, 0.1) is 46.8 Å². The lowest BCUT2D eigenvalue weighted by atomic mass is 9.51. The highest BCUT2D eigenvalue weighted by atomic mass is 19.3. The molecular formula is C21H34F2. The van der Waals surface area contributed by atoms with Crippen LogP contribution < -0.4 is 0 Å². The van der Waals surface area contributed by atoms with Crippen molar-refractivity contribution in [1.29, 1.82) is 0 Å². The molecule has 4 fully saturated rings. The maximum Gasteiger partial charge on any atom is 0.248 e. The molecule has 0 bridgehead atoms. The zero-order valence-electron chi connectivity index (χ0n) is 15.2. The molecule has 0 amide bonds. The Bertz CT molecular complexity index is 457. The van der Waals surface area contributed by atoms with Gasteiger partial charge in [-0.1, -0.05) is 20.8 Å². The van der Waals surface area contributed by atoms with Gasteiger partial charge in [-0.2, -0.15) is 0 Å². The fourth-order valence-corrected chi connectivity index (χ4v) is 7.53. The molecule has 7 unspecified atom stereocenters. The average Bonchev–Trinajstić information content (AvgIpc) is 2.84. The van der Waals surface area contributed by atoms with Crippen LogP contribution in [-0.2, 0) is 0 Å². The SMILES string of the molecule is CC(C)C1(C)CCC2C3CCC4CC(F)(F)CCC4C3CCC21. The number of fused-ring (bicyclic) bond motifs is 5. The summed E-state index contributed by atoms with van der Waals surface area (Å²) in [5.41, 5.74) is 0.534. The summed E-state index contributed by atoms with van der Waals surface area (Å²) in [6.07, 6.45) is 9.01. The Morgan fingerprint density at radius 2 is 1.43 bits per heavy atom. The zero-order chi connectivity index (χ0) is 16.4. The Hall–Kier alpha value is -0.140. The third-order valence-electron chi connectivity index (χ3n) is 9.04. The van der Waals surface area contributed by atoms with Gasteiger partial charge in [0.05, 0.1) is 0 Å². The van der Waals surface area contributed by atoms with Crippen LogP contribution in [0.4, 0.5) is 8.78 Å². The largest absolute Gasteiger partial charge is 0.248 e. The molecule has 0 radical (unpaired) electrons. The molecule has 2 heteroatoms. The van der Waals surface area contributed by atoms with E-state index in [1.165, 1.54) is 32.1 Å². The molecule has 0 aromatic rings. The molecule has 0 aliphatic heterocycles. The molecule has 0 saturated heterocycles. The Morgan fingerprint density at radius 3 is 2.17 bits per heavy atom. The fraction of sp³-hybridized carbons (Fsp3) is 1.00. The third-order valence-corrected chi connectivity index (χ3v) is 9.04. The van der Waals surface area contributed by atoms with Crippen LogP contribution in [-0.4, -0.2) is 5.92 Å². The Balaban J connectivity index is 1.53. The van der Waals surface area contributed by atoms with Gasteiger partial charge in [-0.3, -0.25) is 0 Å². The average molecular weight is 324 g/mol. The lowest BCUT2D eigenvalue weighted by Crippen LogP contribution is -2.48. The number of alkyl halides is 2. The summed E-state index contributed by atoms with van der Waals surface area (Å²) in [5, 5.41) is 0. The second kappa shape index (κ2) is 5.43. The molecular weight excluding hydrogens is 290 g/mol. The second-order valence-electron chi connectivity index (χ2n) is 9.97. The second-order valence-corrected chi connectivity index (χ2v) is 9.97. The van der Waals surface area contributed by atoms with Crippen molar-refractivity contribution in [2.75, 3.05) is 0 Å². The van der Waals surface area contributed by atoms with Gasteiger partial charge in [-0.15, -0.1) is 0 Å². The van der Waals surface area contributed by atoms with E-state index in [1.54, 1.807) is 0 Å². The summed E-state index contributed by atoms with van der Waals surface area (Å²) >= 11 is 0. The van der Waals surface area contributed by atoms with Gasteiger partial charge in [-0.25, -0.2) is 8.78 Å². The van der Waals surface area contributed by atoms with Gasteiger partial charge in [0.25, 0.3) is 0 Å². The summed E-state index contributed by atoms with van der Waals surface area (Å²) in [6.45, 7) is 7.36. The van der Waals surface area contributed by atoms with E-state index < -0.39 is 5.92 Å². The van der Waals surface area contributed by atoms with Crippen LogP contribution in [0.2, 0.25) is 0 Å². The van der Waals surface area contributed by atoms with Crippen LogP contribution in [0.25, 0.3) is 0 Å². The van der Waals surface area contributed by atoms with Crippen molar-refractivity contribution in [3.8, 4) is 0 Å². The number of rotatable bonds is 1. The third kappa shape index (κ3) is 2.49. The Labute approximate surface area is 140 Å². The maximum absolute atomic E-state index is 13.8. The van der Waals surface area contributed by atoms with Gasteiger partial charge in [0, 0.05) is 12.8 Å². The molecule has 0 aromatic carbocycles. The van der Waals surface area contributed by atoms with E-state index >= 15 is 0 Å². The predicted octanol–water partition coefficient (Wildman–Crippen LogP) is 6.55. The van der Waals surface area contributed by atoms with Crippen molar-refractivity contribution < 1.29 is 8.78 Å². The first-order valence-electron chi connectivity index (χ1n) is 10.2. The Morgan fingerprint density at radius 1 is 0.783 bits per heavy atom. The molecule has 4 rings (SSSR count). The van der Waals surface area contributed by atoms with Crippen molar-refractivity contribution >= 4 is 0 Å². The minimum atomic E-state index is -2.37. The van der Waals surface area contributed by atoms with Crippen LogP contribution in [0.5, 0.6) is 0 Å². The highest BCUT2D eigenvalue weighted by Crippen LogP contribution is 2.64. The van der Waals surface area contributed by atoms with Crippen molar-refractivity contribution in [3.63, 3.8) is 0 Å². The smallest absolute Gasteiger partial charge is 0.207 e. The standard InChI is InChI=1S/C21H34F2/c1-13(2)20(3)10-8-18-17-5-4-14-12-21(22,23)11-9-15(14)16(17)6-7-19(18)20/h13-19H,4-12H2,1-3H3. The quantitative estimate of drug-likeness (QED) is 0.513. The van der Waals surface area contributed by atoms with Crippen molar-refractivity contribution in [2.24, 2.45) is 46.8 Å². The van der Waals surface area contributed by atoms with Crippen LogP contribution >= 0.6 is 0 Å². The van der Waals surface area contributed by atoms with Crippen LogP contribution in [0.1, 0.15) is 78.6 Å². The van der Waals surface area contributed by atoms with E-state index in [0.29, 0.717) is 17.3 Å². The maximum atomic E-state index is 13.8. The summed E-state index contributed by atoms with van der Waals surface area (Å²) in [6, 6.07) is 0. The lowest BCUT2D eigenvalue weighted by molar-refractivity contribution is -0.115. The van der Waals surface area contributed by atoms with E-state index in [-0.39, 0.29) is 12.8 Å². The zero-order valence-corrected chi connectivity index (χ0v) is 15.2. The topological polar surface area (TPSA) is 0 Å². The van der Waals surface area contributed by atoms with Gasteiger partial charge in [0.15, 0.2) is 0 Å². The molecule has 0 N–H and O–H groups in total. The van der Waals surface area contributed by atoms with Gasteiger partial charge < -0.3 is 0 Å². The van der Waals surface area contributed by atoms with E-state index in [1.807, 2.05) is 0 Å². The molecule has 132 valence electrons. The minimum Gasteiger partial charge on any atom is -0.207 e. The molecule has 0 heterocycles. The molecule has 23 heavy (non-hydrogen) atoms. The Kier molecular flexibility index (Phi) is 3.86. The van der Waals surface area contributed by atoms with Crippen LogP contribution in [0.3, 0.4) is 0 Å². The van der Waals surface area contributed by atoms with Crippen molar-refractivity contribution in [3.05, 3.63) is 0 Å².